The van der Waals surface area contributed by atoms with E-state index in [2.05, 4.69) is 48.8 Å². The molecule has 166 valence electrons. The summed E-state index contributed by atoms with van der Waals surface area (Å²) in [4.78, 5) is 11.3. The van der Waals surface area contributed by atoms with Gasteiger partial charge in [0.25, 0.3) is 0 Å². The van der Waals surface area contributed by atoms with E-state index in [-0.39, 0.29) is 0 Å². The van der Waals surface area contributed by atoms with Crippen LogP contribution in [0.15, 0.2) is 73.5 Å². The smallest absolute Gasteiger partial charge is 0.222 e. The van der Waals surface area contributed by atoms with Crippen molar-refractivity contribution < 1.29 is 0 Å². The van der Waals surface area contributed by atoms with Crippen molar-refractivity contribution in [3.05, 3.63) is 90.1 Å². The highest BCUT2D eigenvalue weighted by molar-refractivity contribution is 6.08. The molecule has 4 heterocycles. The molecule has 0 radical (unpaired) electrons. The number of nitrogens with one attached hydrogen (secondary N) is 3. The molecule has 0 unspecified atom stereocenters. The van der Waals surface area contributed by atoms with Gasteiger partial charge in [0.1, 0.15) is 0 Å². The molecule has 8 heteroatoms. The average Bonchev–Trinajstić information content (AvgIpc) is 3.24. The standard InChI is InChI=1S/C25H26N8/c1-27-13-21(10-26)20-7-8-23-24(14-30-33(23)15-20)32-16-22(17-32)31-25-28-11-19(12-29-25)9-18-5-3-2-4-6-18/h2-8,10-15,22,26-27H,9,16-17H2,1H3,(H,28,29,31)/b21-13+,26-10?. The molecule has 1 saturated heterocycles. The lowest BCUT2D eigenvalue weighted by atomic mass is 10.1. The Balaban J connectivity index is 1.20. The van der Waals surface area contributed by atoms with Gasteiger partial charge in [0.15, 0.2) is 0 Å². The van der Waals surface area contributed by atoms with Crippen LogP contribution < -0.4 is 15.5 Å². The fraction of sp³-hybridized carbons (Fsp3) is 0.200. The van der Waals surface area contributed by atoms with Crippen LogP contribution >= 0.6 is 0 Å². The van der Waals surface area contributed by atoms with Crippen molar-refractivity contribution in [1.82, 2.24) is 24.9 Å². The van der Waals surface area contributed by atoms with E-state index in [0.29, 0.717) is 12.0 Å². The first-order valence-corrected chi connectivity index (χ1v) is 11.0. The number of pyridine rings is 1. The quantitative estimate of drug-likeness (QED) is 0.366. The molecule has 0 saturated carbocycles. The molecule has 1 aliphatic heterocycles. The van der Waals surface area contributed by atoms with Crippen molar-refractivity contribution in [2.24, 2.45) is 0 Å². The third-order valence-corrected chi connectivity index (χ3v) is 5.80. The second kappa shape index (κ2) is 9.12. The van der Waals surface area contributed by atoms with Crippen LogP contribution in [0.4, 0.5) is 11.6 Å². The van der Waals surface area contributed by atoms with Crippen molar-refractivity contribution in [3.63, 3.8) is 0 Å². The van der Waals surface area contributed by atoms with Gasteiger partial charge in [-0.05, 0) is 17.2 Å². The summed E-state index contributed by atoms with van der Waals surface area (Å²) in [6.45, 7) is 1.73. The van der Waals surface area contributed by atoms with Gasteiger partial charge in [-0.2, -0.15) is 5.10 Å². The molecule has 1 fully saturated rings. The summed E-state index contributed by atoms with van der Waals surface area (Å²) in [5.74, 6) is 0.663. The first kappa shape index (κ1) is 20.7. The summed E-state index contributed by atoms with van der Waals surface area (Å²) in [7, 11) is 1.83. The Bertz CT molecular complexity index is 1270. The first-order chi connectivity index (χ1) is 16.2. The monoisotopic (exact) mass is 438 g/mol. The zero-order chi connectivity index (χ0) is 22.6. The fourth-order valence-corrected chi connectivity index (χ4v) is 4.05. The minimum atomic E-state index is 0.294. The van der Waals surface area contributed by atoms with Crippen LogP contribution in [0.2, 0.25) is 0 Å². The Morgan fingerprint density at radius 2 is 1.85 bits per heavy atom. The molecule has 5 rings (SSSR count). The average molecular weight is 439 g/mol. The zero-order valence-electron chi connectivity index (χ0n) is 18.4. The minimum absolute atomic E-state index is 0.294. The van der Waals surface area contributed by atoms with Crippen molar-refractivity contribution in [1.29, 1.82) is 5.41 Å². The molecule has 3 aromatic heterocycles. The van der Waals surface area contributed by atoms with E-state index >= 15 is 0 Å². The molecule has 3 N–H and O–H groups in total. The zero-order valence-corrected chi connectivity index (χ0v) is 18.4. The maximum Gasteiger partial charge on any atom is 0.222 e. The summed E-state index contributed by atoms with van der Waals surface area (Å²) >= 11 is 0. The van der Waals surface area contributed by atoms with E-state index in [9.17, 15) is 0 Å². The second-order valence-electron chi connectivity index (χ2n) is 8.13. The number of nitrogens with zero attached hydrogens (tertiary/aromatic N) is 5. The molecule has 0 amide bonds. The molecule has 0 aliphatic carbocycles. The molecular weight excluding hydrogens is 412 g/mol. The van der Waals surface area contributed by atoms with Crippen LogP contribution in [0.5, 0.6) is 0 Å². The Morgan fingerprint density at radius 3 is 2.58 bits per heavy atom. The van der Waals surface area contributed by atoms with Gasteiger partial charge in [-0.15, -0.1) is 0 Å². The molecule has 1 aliphatic rings. The van der Waals surface area contributed by atoms with Gasteiger partial charge in [-0.25, -0.2) is 14.5 Å². The fourth-order valence-electron chi connectivity index (χ4n) is 4.05. The SMILES string of the molecule is CN/C=C(\C=N)c1ccc2c(N3CC(Nc4ncc(Cc5ccccc5)cn4)C3)cnn2c1. The van der Waals surface area contributed by atoms with Crippen LogP contribution in [0.1, 0.15) is 16.7 Å². The van der Waals surface area contributed by atoms with E-state index in [0.717, 1.165) is 47.4 Å². The molecular formula is C25H26N8. The molecule has 0 atom stereocenters. The maximum atomic E-state index is 7.61. The molecule has 1 aromatic carbocycles. The van der Waals surface area contributed by atoms with E-state index in [1.807, 2.05) is 60.6 Å². The Kier molecular flexibility index (Phi) is 5.72. The molecule has 8 nitrogen and oxygen atoms in total. The number of rotatable bonds is 8. The van der Waals surface area contributed by atoms with Gasteiger partial charge in [0, 0.05) is 68.7 Å². The Morgan fingerprint density at radius 1 is 1.06 bits per heavy atom. The predicted molar refractivity (Wildman–Crippen MR) is 132 cm³/mol. The van der Waals surface area contributed by atoms with E-state index in [1.165, 1.54) is 11.8 Å². The topological polar surface area (TPSA) is 94.2 Å². The van der Waals surface area contributed by atoms with Gasteiger partial charge < -0.3 is 20.9 Å². The number of aromatic nitrogens is 4. The minimum Gasteiger partial charge on any atom is -0.393 e. The number of hydrogen-bond donors (Lipinski definition) is 3. The third kappa shape index (κ3) is 4.41. The van der Waals surface area contributed by atoms with E-state index < -0.39 is 0 Å². The maximum absolute atomic E-state index is 7.61. The number of hydrogen-bond acceptors (Lipinski definition) is 7. The predicted octanol–water partition coefficient (Wildman–Crippen LogP) is 3.23. The van der Waals surface area contributed by atoms with Gasteiger partial charge in [-0.1, -0.05) is 36.4 Å². The Hall–Kier alpha value is -4.20. The van der Waals surface area contributed by atoms with Crippen molar-refractivity contribution in [2.45, 2.75) is 12.5 Å². The number of anilines is 2. The number of fused-ring (bicyclic) bond motifs is 1. The van der Waals surface area contributed by atoms with Crippen LogP contribution in [-0.4, -0.2) is 52.0 Å². The first-order valence-electron chi connectivity index (χ1n) is 11.0. The normalized spacial score (nSPS) is 14.2. The van der Waals surface area contributed by atoms with Crippen molar-refractivity contribution in [2.75, 3.05) is 30.4 Å². The lowest BCUT2D eigenvalue weighted by Gasteiger charge is -2.40. The second-order valence-corrected chi connectivity index (χ2v) is 8.13. The highest BCUT2D eigenvalue weighted by Crippen LogP contribution is 2.28. The lowest BCUT2D eigenvalue weighted by Crippen LogP contribution is -2.55. The van der Waals surface area contributed by atoms with Crippen LogP contribution in [0.3, 0.4) is 0 Å². The highest BCUT2D eigenvalue weighted by Gasteiger charge is 2.29. The summed E-state index contributed by atoms with van der Waals surface area (Å²) in [6, 6.07) is 14.7. The highest BCUT2D eigenvalue weighted by atomic mass is 15.3. The van der Waals surface area contributed by atoms with Crippen molar-refractivity contribution >= 4 is 28.9 Å². The van der Waals surface area contributed by atoms with E-state index in [1.54, 1.807) is 6.20 Å². The Labute approximate surface area is 192 Å². The molecule has 0 spiro atoms. The van der Waals surface area contributed by atoms with Crippen LogP contribution in [0.25, 0.3) is 11.1 Å². The third-order valence-electron chi connectivity index (χ3n) is 5.80. The van der Waals surface area contributed by atoms with Gasteiger partial charge in [-0.3, -0.25) is 0 Å². The molecule has 33 heavy (non-hydrogen) atoms. The van der Waals surface area contributed by atoms with E-state index in [4.69, 9.17) is 5.41 Å². The van der Waals surface area contributed by atoms with Gasteiger partial charge >= 0.3 is 0 Å². The molecule has 0 bridgehead atoms. The summed E-state index contributed by atoms with van der Waals surface area (Å²) in [6.07, 6.45) is 11.6. The summed E-state index contributed by atoms with van der Waals surface area (Å²) in [5, 5.41) is 18.5. The number of allylic oxidation sites excluding steroid dienone is 1. The van der Waals surface area contributed by atoms with Crippen molar-refractivity contribution in [3.8, 4) is 0 Å². The van der Waals surface area contributed by atoms with Gasteiger partial charge in [0.2, 0.25) is 5.95 Å². The largest absolute Gasteiger partial charge is 0.393 e. The number of benzene rings is 1. The van der Waals surface area contributed by atoms with Crippen LogP contribution in [-0.2, 0) is 6.42 Å². The summed E-state index contributed by atoms with van der Waals surface area (Å²) < 4.78 is 1.87. The lowest BCUT2D eigenvalue weighted by molar-refractivity contribution is 0.548. The van der Waals surface area contributed by atoms with Crippen LogP contribution in [0, 0.1) is 5.41 Å². The summed E-state index contributed by atoms with van der Waals surface area (Å²) in [5.41, 5.74) is 6.25. The van der Waals surface area contributed by atoms with Gasteiger partial charge in [0.05, 0.1) is 23.4 Å². The molecule has 4 aromatic rings.